The Kier molecular flexibility index (Phi) is 5.47. The van der Waals surface area contributed by atoms with Crippen LogP contribution in [0.2, 0.25) is 0 Å². The fourth-order valence-electron chi connectivity index (χ4n) is 3.52. The van der Waals surface area contributed by atoms with Gasteiger partial charge in [0.05, 0.1) is 0 Å². The van der Waals surface area contributed by atoms with Crippen LogP contribution in [0.25, 0.3) is 11.2 Å². The summed E-state index contributed by atoms with van der Waals surface area (Å²) in [4.78, 5) is 42.3. The molecular weight excluding hydrogens is 378 g/mol. The second kappa shape index (κ2) is 8.17. The van der Waals surface area contributed by atoms with Crippen molar-refractivity contribution in [3.63, 3.8) is 0 Å². The molecule has 1 aliphatic heterocycles. The van der Waals surface area contributed by atoms with E-state index in [2.05, 4.69) is 19.9 Å². The first-order valence-corrected chi connectivity index (χ1v) is 10.5. The lowest BCUT2D eigenvalue weighted by molar-refractivity contribution is 0.554. The van der Waals surface area contributed by atoms with Gasteiger partial charge < -0.3 is 9.47 Å². The lowest BCUT2D eigenvalue weighted by Gasteiger charge is -2.28. The van der Waals surface area contributed by atoms with E-state index in [1.54, 1.807) is 37.3 Å². The van der Waals surface area contributed by atoms with E-state index < -0.39 is 5.69 Å². The zero-order valence-electron chi connectivity index (χ0n) is 15.8. The molecule has 0 radical (unpaired) electrons. The van der Waals surface area contributed by atoms with Crippen LogP contribution >= 0.6 is 11.8 Å². The SMILES string of the molecule is Cn1c(=O)[nH]c(=O)c2c1nc(N1CCCCC1)n2CCCSc1ncccn1. The molecule has 148 valence electrons. The molecule has 0 amide bonds. The van der Waals surface area contributed by atoms with Crippen LogP contribution in [0.1, 0.15) is 25.7 Å². The van der Waals surface area contributed by atoms with Crippen molar-refractivity contribution in [3.05, 3.63) is 39.3 Å². The molecule has 4 heterocycles. The largest absolute Gasteiger partial charge is 0.342 e. The van der Waals surface area contributed by atoms with Gasteiger partial charge in [-0.2, -0.15) is 4.98 Å². The van der Waals surface area contributed by atoms with E-state index >= 15 is 0 Å². The highest BCUT2D eigenvalue weighted by atomic mass is 32.2. The molecule has 1 aliphatic rings. The number of piperidine rings is 1. The topological polar surface area (TPSA) is 102 Å². The van der Waals surface area contributed by atoms with Crippen molar-refractivity contribution in [2.75, 3.05) is 23.7 Å². The van der Waals surface area contributed by atoms with Gasteiger partial charge in [-0.3, -0.25) is 14.3 Å². The van der Waals surface area contributed by atoms with Crippen molar-refractivity contribution >= 4 is 28.9 Å². The standard InChI is InChI=1S/C18H23N7O2S/c1-23-14-13(15(26)22-18(23)27)25(17(21-14)24-9-3-2-4-10-24)11-6-12-28-16-19-7-5-8-20-16/h5,7-8H,2-4,6,9-12H2,1H3,(H,22,26,27). The van der Waals surface area contributed by atoms with Gasteiger partial charge in [-0.1, -0.05) is 11.8 Å². The lowest BCUT2D eigenvalue weighted by Crippen LogP contribution is -2.32. The molecule has 4 rings (SSSR count). The van der Waals surface area contributed by atoms with Crippen molar-refractivity contribution in [1.82, 2.24) is 29.1 Å². The summed E-state index contributed by atoms with van der Waals surface area (Å²) in [6.45, 7) is 2.48. The molecule has 9 nitrogen and oxygen atoms in total. The van der Waals surface area contributed by atoms with Gasteiger partial charge in [0.2, 0.25) is 5.95 Å². The Labute approximate surface area is 165 Å². The second-order valence-electron chi connectivity index (χ2n) is 6.84. The number of imidazole rings is 1. The fourth-order valence-corrected chi connectivity index (χ4v) is 4.24. The van der Waals surface area contributed by atoms with Gasteiger partial charge in [0.1, 0.15) is 0 Å². The molecular formula is C18H23N7O2S. The van der Waals surface area contributed by atoms with Crippen LogP contribution in [0.5, 0.6) is 0 Å². The predicted octanol–water partition coefficient (Wildman–Crippen LogP) is 1.39. The number of hydrogen-bond donors (Lipinski definition) is 1. The molecule has 10 heteroatoms. The molecule has 1 N–H and O–H groups in total. The Bertz CT molecular complexity index is 1070. The summed E-state index contributed by atoms with van der Waals surface area (Å²) < 4.78 is 3.37. The summed E-state index contributed by atoms with van der Waals surface area (Å²) in [5, 5.41) is 0.745. The number of thioether (sulfide) groups is 1. The third kappa shape index (κ3) is 3.68. The normalized spacial score (nSPS) is 14.7. The third-order valence-electron chi connectivity index (χ3n) is 4.93. The van der Waals surface area contributed by atoms with Crippen LogP contribution in [-0.4, -0.2) is 47.9 Å². The van der Waals surface area contributed by atoms with E-state index in [1.165, 1.54) is 11.0 Å². The Balaban J connectivity index is 1.63. The van der Waals surface area contributed by atoms with Crippen LogP contribution in [0.3, 0.4) is 0 Å². The molecule has 3 aromatic rings. The third-order valence-corrected chi connectivity index (χ3v) is 5.89. The van der Waals surface area contributed by atoms with Crippen molar-refractivity contribution in [1.29, 1.82) is 0 Å². The summed E-state index contributed by atoms with van der Waals surface area (Å²) in [6.07, 6.45) is 7.72. The highest BCUT2D eigenvalue weighted by Gasteiger charge is 2.22. The number of aromatic nitrogens is 6. The molecule has 3 aromatic heterocycles. The maximum atomic E-state index is 12.5. The van der Waals surface area contributed by atoms with Gasteiger partial charge in [0, 0.05) is 44.8 Å². The monoisotopic (exact) mass is 401 g/mol. The van der Waals surface area contributed by atoms with Gasteiger partial charge >= 0.3 is 5.69 Å². The number of H-pyrrole nitrogens is 1. The highest BCUT2D eigenvalue weighted by Crippen LogP contribution is 2.24. The molecule has 0 saturated carbocycles. The van der Waals surface area contributed by atoms with E-state index in [0.29, 0.717) is 17.7 Å². The van der Waals surface area contributed by atoms with E-state index in [9.17, 15) is 9.59 Å². The maximum Gasteiger partial charge on any atom is 0.329 e. The van der Waals surface area contributed by atoms with E-state index in [-0.39, 0.29) is 5.56 Å². The van der Waals surface area contributed by atoms with E-state index in [4.69, 9.17) is 4.98 Å². The number of fused-ring (bicyclic) bond motifs is 1. The Morgan fingerprint density at radius 2 is 1.89 bits per heavy atom. The van der Waals surface area contributed by atoms with Crippen LogP contribution in [-0.2, 0) is 13.6 Å². The minimum atomic E-state index is -0.441. The number of anilines is 1. The molecule has 1 fully saturated rings. The number of aryl methyl sites for hydroxylation is 2. The van der Waals surface area contributed by atoms with Crippen molar-refractivity contribution < 1.29 is 0 Å². The van der Waals surface area contributed by atoms with E-state index in [1.807, 2.05) is 4.57 Å². The molecule has 0 bridgehead atoms. The summed E-state index contributed by atoms with van der Waals surface area (Å²) in [6, 6.07) is 1.79. The molecule has 1 saturated heterocycles. The molecule has 0 spiro atoms. The summed E-state index contributed by atoms with van der Waals surface area (Å²) in [5.74, 6) is 1.61. The van der Waals surface area contributed by atoms with E-state index in [0.717, 1.165) is 49.2 Å². The Hall–Kier alpha value is -2.62. The number of aromatic amines is 1. The van der Waals surface area contributed by atoms with Crippen molar-refractivity contribution in [3.8, 4) is 0 Å². The molecule has 28 heavy (non-hydrogen) atoms. The smallest absolute Gasteiger partial charge is 0.329 e. The van der Waals surface area contributed by atoms with Crippen LogP contribution < -0.4 is 16.1 Å². The van der Waals surface area contributed by atoms with Gasteiger partial charge in [0.25, 0.3) is 5.56 Å². The van der Waals surface area contributed by atoms with Crippen molar-refractivity contribution in [2.24, 2.45) is 7.05 Å². The van der Waals surface area contributed by atoms with Gasteiger partial charge in [-0.15, -0.1) is 0 Å². The molecule has 0 atom stereocenters. The Morgan fingerprint density at radius 3 is 2.64 bits per heavy atom. The number of nitrogens with one attached hydrogen (secondary N) is 1. The average molecular weight is 401 g/mol. The molecule has 0 aliphatic carbocycles. The summed E-state index contributed by atoms with van der Waals surface area (Å²) >= 11 is 1.59. The predicted molar refractivity (Wildman–Crippen MR) is 109 cm³/mol. The maximum absolute atomic E-state index is 12.5. The first-order valence-electron chi connectivity index (χ1n) is 9.49. The minimum absolute atomic E-state index is 0.382. The zero-order chi connectivity index (χ0) is 19.5. The Morgan fingerprint density at radius 1 is 1.14 bits per heavy atom. The lowest BCUT2D eigenvalue weighted by atomic mass is 10.1. The van der Waals surface area contributed by atoms with Crippen LogP contribution in [0, 0.1) is 0 Å². The molecule has 0 aromatic carbocycles. The summed E-state index contributed by atoms with van der Waals surface area (Å²) in [7, 11) is 1.64. The zero-order valence-corrected chi connectivity index (χ0v) is 16.6. The van der Waals surface area contributed by atoms with Gasteiger partial charge in [-0.05, 0) is 31.7 Å². The average Bonchev–Trinajstić information content (AvgIpc) is 3.11. The minimum Gasteiger partial charge on any atom is -0.342 e. The second-order valence-corrected chi connectivity index (χ2v) is 7.90. The quantitative estimate of drug-likeness (QED) is 0.378. The van der Waals surface area contributed by atoms with Gasteiger partial charge in [0.15, 0.2) is 16.3 Å². The fraction of sp³-hybridized carbons (Fsp3) is 0.500. The number of rotatable bonds is 6. The van der Waals surface area contributed by atoms with Gasteiger partial charge in [-0.25, -0.2) is 14.8 Å². The highest BCUT2D eigenvalue weighted by molar-refractivity contribution is 7.99. The van der Waals surface area contributed by atoms with Crippen molar-refractivity contribution in [2.45, 2.75) is 37.4 Å². The number of hydrogen-bond acceptors (Lipinski definition) is 7. The number of nitrogens with zero attached hydrogens (tertiary/aromatic N) is 6. The first-order chi connectivity index (χ1) is 13.6. The van der Waals surface area contributed by atoms with Crippen LogP contribution in [0.4, 0.5) is 5.95 Å². The first kappa shape index (κ1) is 18.7. The summed E-state index contributed by atoms with van der Waals surface area (Å²) in [5.41, 5.74) is 0.0778. The molecule has 0 unspecified atom stereocenters. The van der Waals surface area contributed by atoms with Crippen LogP contribution in [0.15, 0.2) is 33.2 Å².